The summed E-state index contributed by atoms with van der Waals surface area (Å²) in [6.45, 7) is 5.16. The molecule has 7 nitrogen and oxygen atoms in total. The maximum atomic E-state index is 13.4. The minimum absolute atomic E-state index is 0.0690. The molecule has 0 N–H and O–H groups in total. The van der Waals surface area contributed by atoms with Crippen LogP contribution in [-0.4, -0.2) is 50.7 Å². The van der Waals surface area contributed by atoms with Crippen LogP contribution in [0.25, 0.3) is 0 Å². The summed E-state index contributed by atoms with van der Waals surface area (Å²) in [4.78, 5) is 25.2. The number of nitrogens with zero attached hydrogens (tertiary/aromatic N) is 1. The average molecular weight is 773 g/mol. The highest BCUT2D eigenvalue weighted by Crippen LogP contribution is 2.50. The number of phosphoric acid groups is 1. The molecule has 0 radical (unpaired) electrons. The van der Waals surface area contributed by atoms with E-state index in [1.54, 1.807) is 0 Å². The molecule has 0 aliphatic heterocycles. The van der Waals surface area contributed by atoms with Crippen molar-refractivity contribution < 1.29 is 32.2 Å². The molecule has 316 valence electrons. The van der Waals surface area contributed by atoms with E-state index in [0.717, 1.165) is 25.7 Å². The molecule has 0 rings (SSSR count). The zero-order chi connectivity index (χ0) is 39.1. The van der Waals surface area contributed by atoms with Crippen molar-refractivity contribution in [2.75, 3.05) is 34.3 Å². The molecule has 0 atom stereocenters. The number of carbonyl (C=O) groups is 2. The SMILES string of the molecule is CCCCCCCCCCCCCCCCCCCC(=O)OP(=O)(OCC[N+](C)(C)C)OC(=O)CCCCCCCCCCCCCCCCCCC. The summed E-state index contributed by atoms with van der Waals surface area (Å²) in [6, 6.07) is 0. The standard InChI is InChI=1S/C45H91NO6P/c1-6-8-10-12-14-16-18-20-22-24-26-28-30-32-34-36-38-40-44(47)51-53(49,50-43-42-46(3,4)5)52-45(48)41-39-37-35-33-31-29-27-25-23-21-19-17-15-13-11-9-7-2/h6-43H2,1-5H3/q+1. The van der Waals surface area contributed by atoms with Crippen LogP contribution in [0.5, 0.6) is 0 Å². The summed E-state index contributed by atoms with van der Waals surface area (Å²) in [5, 5.41) is 0. The van der Waals surface area contributed by atoms with E-state index in [2.05, 4.69) is 13.8 Å². The van der Waals surface area contributed by atoms with Gasteiger partial charge in [-0.1, -0.05) is 219 Å². The number of rotatable bonds is 42. The molecule has 0 aromatic carbocycles. The van der Waals surface area contributed by atoms with Crippen LogP contribution in [0.3, 0.4) is 0 Å². The smallest absolute Gasteiger partial charge is 0.361 e. The highest BCUT2D eigenvalue weighted by molar-refractivity contribution is 7.49. The molecule has 0 amide bonds. The Morgan fingerprint density at radius 1 is 0.396 bits per heavy atom. The van der Waals surface area contributed by atoms with Crippen molar-refractivity contribution in [1.29, 1.82) is 0 Å². The molecule has 0 heterocycles. The molecule has 0 bridgehead atoms. The summed E-state index contributed by atoms with van der Waals surface area (Å²) in [5.41, 5.74) is 0. The lowest BCUT2D eigenvalue weighted by Gasteiger charge is -2.24. The van der Waals surface area contributed by atoms with Crippen molar-refractivity contribution in [3.8, 4) is 0 Å². The molecule has 0 aliphatic rings. The van der Waals surface area contributed by atoms with E-state index in [9.17, 15) is 14.2 Å². The molecular weight excluding hydrogens is 681 g/mol. The van der Waals surface area contributed by atoms with E-state index in [-0.39, 0.29) is 19.4 Å². The van der Waals surface area contributed by atoms with Gasteiger partial charge < -0.3 is 13.5 Å². The first-order valence-corrected chi connectivity index (χ1v) is 24.6. The zero-order valence-electron chi connectivity index (χ0n) is 36.2. The number of quaternary nitrogens is 1. The van der Waals surface area contributed by atoms with Crippen LogP contribution in [-0.2, 0) is 27.7 Å². The molecule has 0 saturated heterocycles. The predicted octanol–water partition coefficient (Wildman–Crippen LogP) is 15.0. The fourth-order valence-electron chi connectivity index (χ4n) is 6.83. The van der Waals surface area contributed by atoms with E-state index in [1.807, 2.05) is 21.1 Å². The average Bonchev–Trinajstić information content (AvgIpc) is 3.10. The topological polar surface area (TPSA) is 78.9 Å². The Balaban J connectivity index is 4.04. The monoisotopic (exact) mass is 773 g/mol. The van der Waals surface area contributed by atoms with Gasteiger partial charge in [-0.05, 0) is 12.8 Å². The fourth-order valence-corrected chi connectivity index (χ4v) is 7.96. The molecule has 0 unspecified atom stereocenters. The van der Waals surface area contributed by atoms with Gasteiger partial charge in [0.25, 0.3) is 0 Å². The number of hydrogen-bond acceptors (Lipinski definition) is 6. The van der Waals surface area contributed by atoms with Gasteiger partial charge in [-0.2, -0.15) is 0 Å². The second-order valence-corrected chi connectivity index (χ2v) is 18.6. The van der Waals surface area contributed by atoms with Crippen molar-refractivity contribution in [3.05, 3.63) is 0 Å². The molecule has 53 heavy (non-hydrogen) atoms. The predicted molar refractivity (Wildman–Crippen MR) is 226 cm³/mol. The van der Waals surface area contributed by atoms with Crippen molar-refractivity contribution in [1.82, 2.24) is 0 Å². The largest absolute Gasteiger partial charge is 0.592 e. The van der Waals surface area contributed by atoms with Crippen LogP contribution in [0.2, 0.25) is 0 Å². The highest BCUT2D eigenvalue weighted by Gasteiger charge is 2.35. The first-order chi connectivity index (χ1) is 25.6. The fraction of sp³-hybridized carbons (Fsp3) is 0.956. The van der Waals surface area contributed by atoms with Crippen LogP contribution < -0.4 is 0 Å². The first kappa shape index (κ1) is 52.1. The second-order valence-electron chi connectivity index (χ2n) is 17.0. The van der Waals surface area contributed by atoms with Crippen LogP contribution >= 0.6 is 7.82 Å². The molecule has 8 heteroatoms. The Hall–Kier alpha value is -0.910. The molecule has 0 aromatic rings. The van der Waals surface area contributed by atoms with Gasteiger partial charge in [0, 0.05) is 12.8 Å². The third kappa shape index (κ3) is 40.6. The third-order valence-corrected chi connectivity index (χ3v) is 11.8. The Morgan fingerprint density at radius 2 is 0.623 bits per heavy atom. The molecular formula is C45H91NO6P+. The summed E-state index contributed by atoms with van der Waals surface area (Å²) >= 11 is 0. The van der Waals surface area contributed by atoms with Gasteiger partial charge in [-0.3, -0.25) is 14.1 Å². The Labute approximate surface area is 330 Å². The van der Waals surface area contributed by atoms with Crippen molar-refractivity contribution in [3.63, 3.8) is 0 Å². The highest BCUT2D eigenvalue weighted by atomic mass is 31.2. The van der Waals surface area contributed by atoms with E-state index in [0.29, 0.717) is 23.9 Å². The number of unbranched alkanes of at least 4 members (excludes halogenated alkanes) is 32. The van der Waals surface area contributed by atoms with E-state index in [4.69, 9.17) is 13.6 Å². The van der Waals surface area contributed by atoms with Crippen LogP contribution in [0.15, 0.2) is 0 Å². The van der Waals surface area contributed by atoms with E-state index < -0.39 is 19.8 Å². The van der Waals surface area contributed by atoms with Crippen molar-refractivity contribution >= 4 is 19.8 Å². The number of likely N-dealkylation sites (N-methyl/N-ethyl adjacent to an activating group) is 1. The third-order valence-electron chi connectivity index (χ3n) is 10.4. The quantitative estimate of drug-likeness (QED) is 0.0349. The van der Waals surface area contributed by atoms with Gasteiger partial charge in [-0.15, -0.1) is 0 Å². The number of phosphoric ester groups is 1. The molecule has 0 aliphatic carbocycles. The lowest BCUT2D eigenvalue weighted by molar-refractivity contribution is -0.870. The summed E-state index contributed by atoms with van der Waals surface area (Å²) in [5.74, 6) is -1.24. The van der Waals surface area contributed by atoms with Crippen molar-refractivity contribution in [2.45, 2.75) is 245 Å². The summed E-state index contributed by atoms with van der Waals surface area (Å²) in [6.07, 6.45) is 43.4. The Kier molecular flexibility index (Phi) is 37.3. The van der Waals surface area contributed by atoms with Gasteiger partial charge in [0.05, 0.1) is 21.1 Å². The normalized spacial score (nSPS) is 12.0. The Morgan fingerprint density at radius 3 is 0.849 bits per heavy atom. The van der Waals surface area contributed by atoms with Crippen LogP contribution in [0, 0.1) is 0 Å². The van der Waals surface area contributed by atoms with Gasteiger partial charge in [-0.25, -0.2) is 4.57 Å². The minimum atomic E-state index is -4.31. The number of carbonyl (C=O) groups excluding carboxylic acids is 2. The lowest BCUT2D eigenvalue weighted by atomic mass is 10.0. The molecule has 0 saturated carbocycles. The first-order valence-electron chi connectivity index (χ1n) is 23.1. The van der Waals surface area contributed by atoms with Crippen LogP contribution in [0.4, 0.5) is 0 Å². The van der Waals surface area contributed by atoms with E-state index in [1.165, 1.54) is 180 Å². The van der Waals surface area contributed by atoms with Crippen molar-refractivity contribution in [2.24, 2.45) is 0 Å². The molecule has 0 aromatic heterocycles. The maximum absolute atomic E-state index is 13.4. The molecule has 0 fully saturated rings. The lowest BCUT2D eigenvalue weighted by Crippen LogP contribution is -2.37. The zero-order valence-corrected chi connectivity index (χ0v) is 37.1. The van der Waals surface area contributed by atoms with Gasteiger partial charge in [0.1, 0.15) is 13.2 Å². The van der Waals surface area contributed by atoms with E-state index >= 15 is 0 Å². The number of hydrogen-bond donors (Lipinski definition) is 0. The van der Waals surface area contributed by atoms with Gasteiger partial charge in [0.15, 0.2) is 0 Å². The Bertz CT molecular complexity index is 804. The maximum Gasteiger partial charge on any atom is 0.592 e. The summed E-state index contributed by atoms with van der Waals surface area (Å²) < 4.78 is 29.9. The van der Waals surface area contributed by atoms with Crippen LogP contribution in [0.1, 0.15) is 245 Å². The van der Waals surface area contributed by atoms with Gasteiger partial charge >= 0.3 is 19.8 Å². The second kappa shape index (κ2) is 38.0. The minimum Gasteiger partial charge on any atom is -0.361 e. The van der Waals surface area contributed by atoms with Gasteiger partial charge in [0.2, 0.25) is 0 Å². The molecule has 0 spiro atoms. The summed E-state index contributed by atoms with van der Waals surface area (Å²) in [7, 11) is 1.65.